The van der Waals surface area contributed by atoms with Gasteiger partial charge < -0.3 is 4.74 Å². The Balaban J connectivity index is 3.28. The van der Waals surface area contributed by atoms with Gasteiger partial charge in [-0.05, 0) is 13.8 Å². The zero-order valence-corrected chi connectivity index (χ0v) is 8.34. The Bertz CT molecular complexity index is 352. The maximum absolute atomic E-state index is 11.2. The number of aromatic nitrogens is 2. The molecular weight excluding hydrogens is 192 g/mol. The van der Waals surface area contributed by atoms with E-state index >= 15 is 0 Å². The average Bonchev–Trinajstić information content (AvgIpc) is 2.10. The Morgan fingerprint density at radius 3 is 2.54 bits per heavy atom. The Morgan fingerprint density at radius 2 is 2.00 bits per heavy atom. The molecular formula is C8H9ClN2O2. The van der Waals surface area contributed by atoms with Crippen LogP contribution in [-0.4, -0.2) is 23.0 Å². The molecule has 0 saturated carbocycles. The summed E-state index contributed by atoms with van der Waals surface area (Å²) in [4.78, 5) is 19.0. The Kier molecular flexibility index (Phi) is 2.83. The zero-order chi connectivity index (χ0) is 10.0. The highest BCUT2D eigenvalue weighted by Crippen LogP contribution is 2.15. The molecule has 1 aromatic heterocycles. The topological polar surface area (TPSA) is 52.1 Å². The van der Waals surface area contributed by atoms with Crippen molar-refractivity contribution in [3.8, 4) is 0 Å². The van der Waals surface area contributed by atoms with E-state index < -0.39 is 5.97 Å². The van der Waals surface area contributed by atoms with Crippen LogP contribution in [-0.2, 0) is 4.74 Å². The van der Waals surface area contributed by atoms with Crippen LogP contribution >= 0.6 is 11.6 Å². The van der Waals surface area contributed by atoms with E-state index in [-0.39, 0.29) is 10.8 Å². The van der Waals surface area contributed by atoms with Gasteiger partial charge in [0, 0.05) is 5.56 Å². The number of hydrogen-bond donors (Lipinski definition) is 0. The lowest BCUT2D eigenvalue weighted by Crippen LogP contribution is -2.09. The zero-order valence-electron chi connectivity index (χ0n) is 7.59. The molecule has 0 saturated heterocycles. The summed E-state index contributed by atoms with van der Waals surface area (Å²) in [5.74, 6) is -0.0408. The molecule has 0 fully saturated rings. The van der Waals surface area contributed by atoms with Crippen LogP contribution < -0.4 is 0 Å². The summed E-state index contributed by atoms with van der Waals surface area (Å²) in [6.07, 6.45) is 0. The molecule has 0 amide bonds. The second-order valence-electron chi connectivity index (χ2n) is 2.53. The molecule has 0 aromatic carbocycles. The minimum atomic E-state index is -0.495. The largest absolute Gasteiger partial charge is 0.464 e. The molecule has 0 N–H and O–H groups in total. The minimum absolute atomic E-state index is 0.222. The number of hydrogen-bond acceptors (Lipinski definition) is 4. The van der Waals surface area contributed by atoms with Gasteiger partial charge >= 0.3 is 5.97 Å². The number of esters is 1. The molecule has 5 heteroatoms. The van der Waals surface area contributed by atoms with Crippen LogP contribution in [0.1, 0.15) is 21.9 Å². The van der Waals surface area contributed by atoms with Crippen LogP contribution in [0, 0.1) is 13.8 Å². The third-order valence-electron chi connectivity index (χ3n) is 1.58. The van der Waals surface area contributed by atoms with Crippen molar-refractivity contribution in [2.75, 3.05) is 7.11 Å². The van der Waals surface area contributed by atoms with Crippen molar-refractivity contribution in [3.63, 3.8) is 0 Å². The number of methoxy groups -OCH3 is 1. The lowest BCUT2D eigenvalue weighted by molar-refractivity contribution is 0.0592. The molecule has 0 unspecified atom stereocenters. The summed E-state index contributed by atoms with van der Waals surface area (Å²) >= 11 is 5.76. The van der Waals surface area contributed by atoms with Crippen LogP contribution in [0.25, 0.3) is 0 Å². The smallest absolute Gasteiger partial charge is 0.357 e. The van der Waals surface area contributed by atoms with E-state index in [1.807, 2.05) is 0 Å². The number of halogens is 1. The summed E-state index contributed by atoms with van der Waals surface area (Å²) < 4.78 is 4.54. The molecule has 1 heterocycles. The van der Waals surface area contributed by atoms with Crippen LogP contribution in [0.3, 0.4) is 0 Å². The van der Waals surface area contributed by atoms with Crippen molar-refractivity contribution in [3.05, 3.63) is 22.2 Å². The SMILES string of the molecule is COC(=O)c1nc(C)nc(Cl)c1C. The molecule has 70 valence electrons. The number of aryl methyl sites for hydroxylation is 1. The van der Waals surface area contributed by atoms with Crippen molar-refractivity contribution in [1.82, 2.24) is 9.97 Å². The summed E-state index contributed by atoms with van der Waals surface area (Å²) in [7, 11) is 1.30. The van der Waals surface area contributed by atoms with Crippen LogP contribution in [0.4, 0.5) is 0 Å². The number of nitrogens with zero attached hydrogens (tertiary/aromatic N) is 2. The van der Waals surface area contributed by atoms with Gasteiger partial charge in [-0.2, -0.15) is 0 Å². The van der Waals surface area contributed by atoms with Crippen molar-refractivity contribution in [2.24, 2.45) is 0 Å². The third-order valence-corrected chi connectivity index (χ3v) is 1.94. The number of carbonyl (C=O) groups excluding carboxylic acids is 1. The predicted octanol–water partition coefficient (Wildman–Crippen LogP) is 1.53. The molecule has 4 nitrogen and oxygen atoms in total. The lowest BCUT2D eigenvalue weighted by atomic mass is 10.2. The van der Waals surface area contributed by atoms with Gasteiger partial charge in [0.2, 0.25) is 0 Å². The normalized spacial score (nSPS) is 9.85. The lowest BCUT2D eigenvalue weighted by Gasteiger charge is -2.04. The number of ether oxygens (including phenoxy) is 1. The number of rotatable bonds is 1. The second kappa shape index (κ2) is 3.70. The first-order valence-electron chi connectivity index (χ1n) is 3.65. The summed E-state index contributed by atoms with van der Waals surface area (Å²) in [5, 5.41) is 0.285. The first-order chi connectivity index (χ1) is 6.06. The van der Waals surface area contributed by atoms with E-state index in [0.29, 0.717) is 11.4 Å². The van der Waals surface area contributed by atoms with E-state index in [1.54, 1.807) is 13.8 Å². The van der Waals surface area contributed by atoms with Gasteiger partial charge in [-0.3, -0.25) is 0 Å². The molecule has 0 spiro atoms. The first kappa shape index (κ1) is 9.92. The standard InChI is InChI=1S/C8H9ClN2O2/c1-4-6(8(12)13-3)10-5(2)11-7(4)9/h1-3H3. The Morgan fingerprint density at radius 1 is 1.38 bits per heavy atom. The van der Waals surface area contributed by atoms with Gasteiger partial charge in [0.1, 0.15) is 11.0 Å². The Labute approximate surface area is 80.9 Å². The second-order valence-corrected chi connectivity index (χ2v) is 2.88. The van der Waals surface area contributed by atoms with Crippen molar-refractivity contribution < 1.29 is 9.53 Å². The van der Waals surface area contributed by atoms with Crippen LogP contribution in [0.5, 0.6) is 0 Å². The third kappa shape index (κ3) is 1.95. The molecule has 13 heavy (non-hydrogen) atoms. The predicted molar refractivity (Wildman–Crippen MR) is 47.9 cm³/mol. The van der Waals surface area contributed by atoms with Gasteiger partial charge in [0.15, 0.2) is 5.69 Å². The van der Waals surface area contributed by atoms with E-state index in [9.17, 15) is 4.79 Å². The summed E-state index contributed by atoms with van der Waals surface area (Å²) in [6, 6.07) is 0. The molecule has 1 rings (SSSR count). The highest BCUT2D eigenvalue weighted by molar-refractivity contribution is 6.30. The molecule has 0 bridgehead atoms. The van der Waals surface area contributed by atoms with Gasteiger partial charge in [0.25, 0.3) is 0 Å². The first-order valence-corrected chi connectivity index (χ1v) is 4.03. The maximum Gasteiger partial charge on any atom is 0.357 e. The van der Waals surface area contributed by atoms with Crippen LogP contribution in [0.15, 0.2) is 0 Å². The molecule has 0 aliphatic carbocycles. The quantitative estimate of drug-likeness (QED) is 0.510. The van der Waals surface area contributed by atoms with Gasteiger partial charge in [-0.25, -0.2) is 14.8 Å². The average molecular weight is 201 g/mol. The van der Waals surface area contributed by atoms with Crippen molar-refractivity contribution in [2.45, 2.75) is 13.8 Å². The molecule has 1 aromatic rings. The Hall–Kier alpha value is -1.16. The van der Waals surface area contributed by atoms with E-state index in [1.165, 1.54) is 7.11 Å². The number of carbonyl (C=O) groups is 1. The van der Waals surface area contributed by atoms with E-state index in [0.717, 1.165) is 0 Å². The summed E-state index contributed by atoms with van der Waals surface area (Å²) in [6.45, 7) is 3.34. The van der Waals surface area contributed by atoms with Crippen molar-refractivity contribution >= 4 is 17.6 Å². The van der Waals surface area contributed by atoms with Gasteiger partial charge in [-0.15, -0.1) is 0 Å². The molecule has 0 aliphatic rings. The van der Waals surface area contributed by atoms with Gasteiger partial charge in [-0.1, -0.05) is 11.6 Å². The highest BCUT2D eigenvalue weighted by Gasteiger charge is 2.14. The van der Waals surface area contributed by atoms with E-state index in [2.05, 4.69) is 14.7 Å². The summed E-state index contributed by atoms with van der Waals surface area (Å²) in [5.41, 5.74) is 0.763. The maximum atomic E-state index is 11.2. The van der Waals surface area contributed by atoms with Crippen molar-refractivity contribution in [1.29, 1.82) is 0 Å². The molecule has 0 aliphatic heterocycles. The monoisotopic (exact) mass is 200 g/mol. The molecule has 0 radical (unpaired) electrons. The van der Waals surface area contributed by atoms with E-state index in [4.69, 9.17) is 11.6 Å². The molecule has 0 atom stereocenters. The van der Waals surface area contributed by atoms with Crippen LogP contribution in [0.2, 0.25) is 5.15 Å². The minimum Gasteiger partial charge on any atom is -0.464 e. The fourth-order valence-electron chi connectivity index (χ4n) is 0.890. The highest BCUT2D eigenvalue weighted by atomic mass is 35.5. The fraction of sp³-hybridized carbons (Fsp3) is 0.375. The fourth-order valence-corrected chi connectivity index (χ4v) is 1.10. The van der Waals surface area contributed by atoms with Gasteiger partial charge in [0.05, 0.1) is 7.11 Å².